The lowest BCUT2D eigenvalue weighted by Crippen LogP contribution is -2.28. The van der Waals surface area contributed by atoms with Crippen LogP contribution in [0, 0.1) is 0 Å². The summed E-state index contributed by atoms with van der Waals surface area (Å²) < 4.78 is 1.78. The van der Waals surface area contributed by atoms with E-state index in [1.807, 2.05) is 48.5 Å². The molecule has 0 saturated heterocycles. The molecule has 4 rings (SSSR count). The van der Waals surface area contributed by atoms with Crippen molar-refractivity contribution in [3.63, 3.8) is 0 Å². The second-order valence-corrected chi connectivity index (χ2v) is 7.25. The first-order valence-corrected chi connectivity index (χ1v) is 9.27. The third kappa shape index (κ3) is 3.63. The minimum atomic E-state index is -0.221. The highest BCUT2D eigenvalue weighted by atomic mass is 35.5. The number of rotatable bonds is 3. The number of carbonyl (C=O) groups excluding carboxylic acids is 1. The second kappa shape index (κ2) is 7.21. The summed E-state index contributed by atoms with van der Waals surface area (Å²) in [7, 11) is 0. The van der Waals surface area contributed by atoms with Crippen LogP contribution in [0.15, 0.2) is 48.5 Å². The number of halogens is 2. The van der Waals surface area contributed by atoms with Gasteiger partial charge in [0.2, 0.25) is 11.9 Å². The van der Waals surface area contributed by atoms with Crippen LogP contribution in [0.5, 0.6) is 0 Å². The topological polar surface area (TPSA) is 71.8 Å². The molecular formula is C19H17Cl2N5O. The Morgan fingerprint density at radius 2 is 1.93 bits per heavy atom. The minimum absolute atomic E-state index is 0.00502. The molecule has 0 saturated carbocycles. The molecule has 2 unspecified atom stereocenters. The van der Waals surface area contributed by atoms with Crippen LogP contribution in [0.1, 0.15) is 36.6 Å². The predicted molar refractivity (Wildman–Crippen MR) is 106 cm³/mol. The average Bonchev–Trinajstić information content (AvgIpc) is 3.03. The molecule has 1 aliphatic rings. The number of nitrogens with zero attached hydrogens (tertiary/aromatic N) is 3. The maximum atomic E-state index is 11.4. The van der Waals surface area contributed by atoms with Gasteiger partial charge in [-0.3, -0.25) is 10.1 Å². The van der Waals surface area contributed by atoms with Gasteiger partial charge in [0.05, 0.1) is 12.1 Å². The van der Waals surface area contributed by atoms with E-state index in [1.165, 1.54) is 6.92 Å². The minimum Gasteiger partial charge on any atom is -0.347 e. The van der Waals surface area contributed by atoms with Crippen molar-refractivity contribution in [1.82, 2.24) is 14.8 Å². The van der Waals surface area contributed by atoms with Crippen molar-refractivity contribution in [2.75, 3.05) is 10.6 Å². The second-order valence-electron chi connectivity index (χ2n) is 6.41. The highest BCUT2D eigenvalue weighted by molar-refractivity contribution is 6.31. The molecule has 0 fully saturated rings. The van der Waals surface area contributed by atoms with Crippen molar-refractivity contribution in [2.24, 2.45) is 0 Å². The number of nitrogens with one attached hydrogen (secondary N) is 2. The van der Waals surface area contributed by atoms with Crippen LogP contribution in [0.2, 0.25) is 10.0 Å². The zero-order chi connectivity index (χ0) is 19.0. The summed E-state index contributed by atoms with van der Waals surface area (Å²) in [6.45, 7) is 1.43. The maximum Gasteiger partial charge on any atom is 0.250 e. The van der Waals surface area contributed by atoms with E-state index in [0.29, 0.717) is 16.0 Å². The third-order valence-corrected chi connectivity index (χ3v) is 5.11. The summed E-state index contributed by atoms with van der Waals surface area (Å²) in [6, 6.07) is 15.3. The maximum absolute atomic E-state index is 11.4. The van der Waals surface area contributed by atoms with Crippen molar-refractivity contribution in [3.05, 3.63) is 69.7 Å². The van der Waals surface area contributed by atoms with Crippen molar-refractivity contribution < 1.29 is 4.79 Å². The number of hydrogen-bond acceptors (Lipinski definition) is 4. The van der Waals surface area contributed by atoms with Crippen molar-refractivity contribution in [3.8, 4) is 0 Å². The molecule has 0 aliphatic carbocycles. The highest BCUT2D eigenvalue weighted by Gasteiger charge is 2.32. The van der Waals surface area contributed by atoms with Gasteiger partial charge in [0.15, 0.2) is 0 Å². The first-order chi connectivity index (χ1) is 13.0. The largest absolute Gasteiger partial charge is 0.347 e. The van der Waals surface area contributed by atoms with E-state index in [1.54, 1.807) is 4.68 Å². The molecular weight excluding hydrogens is 385 g/mol. The number of anilines is 2. The zero-order valence-corrected chi connectivity index (χ0v) is 16.0. The van der Waals surface area contributed by atoms with Gasteiger partial charge in [-0.1, -0.05) is 53.5 Å². The van der Waals surface area contributed by atoms with Crippen LogP contribution in [-0.4, -0.2) is 20.7 Å². The van der Waals surface area contributed by atoms with Gasteiger partial charge in [-0.2, -0.15) is 4.98 Å². The monoisotopic (exact) mass is 401 g/mol. The normalized spacial score (nSPS) is 18.5. The first kappa shape index (κ1) is 17.8. The fraction of sp³-hybridized carbons (Fsp3) is 0.211. The Balaban J connectivity index is 1.77. The van der Waals surface area contributed by atoms with Crippen LogP contribution in [0.25, 0.3) is 0 Å². The van der Waals surface area contributed by atoms with Crippen molar-refractivity contribution in [1.29, 1.82) is 0 Å². The standard InChI is InChI=1S/C19H17Cl2N5O/c1-11(27)22-18-24-19-23-16(12-6-8-13(20)9-7-12)10-17(26(19)25-18)14-4-2-3-5-15(14)21/h2-9,16-17H,10H2,1H3,(H2,22,23,24,25,27). The number of benzene rings is 2. The number of amides is 1. The van der Waals surface area contributed by atoms with Gasteiger partial charge >= 0.3 is 0 Å². The molecule has 3 aromatic rings. The molecule has 2 N–H and O–H groups in total. The fourth-order valence-corrected chi connectivity index (χ4v) is 3.69. The SMILES string of the molecule is CC(=O)Nc1nc2n(n1)C(c1ccccc1Cl)CC(c1ccc(Cl)cc1)N2. The first-order valence-electron chi connectivity index (χ1n) is 8.52. The van der Waals surface area contributed by atoms with Crippen molar-refractivity contribution in [2.45, 2.75) is 25.4 Å². The van der Waals surface area contributed by atoms with Crippen LogP contribution >= 0.6 is 23.2 Å². The molecule has 0 bridgehead atoms. The quantitative estimate of drug-likeness (QED) is 0.667. The predicted octanol–water partition coefficient (Wildman–Crippen LogP) is 4.69. The Morgan fingerprint density at radius 1 is 1.19 bits per heavy atom. The Labute approximate surface area is 166 Å². The molecule has 6 nitrogen and oxygen atoms in total. The highest BCUT2D eigenvalue weighted by Crippen LogP contribution is 2.40. The van der Waals surface area contributed by atoms with Crippen LogP contribution in [0.4, 0.5) is 11.9 Å². The molecule has 1 aliphatic heterocycles. The van der Waals surface area contributed by atoms with Crippen molar-refractivity contribution >= 4 is 41.0 Å². The summed E-state index contributed by atoms with van der Waals surface area (Å²) in [5.41, 5.74) is 2.05. The number of hydrogen-bond donors (Lipinski definition) is 2. The van der Waals surface area contributed by atoms with Crippen LogP contribution < -0.4 is 10.6 Å². The van der Waals surface area contributed by atoms with Crippen LogP contribution in [-0.2, 0) is 4.79 Å². The molecule has 138 valence electrons. The number of carbonyl (C=O) groups is 1. The Bertz CT molecular complexity index is 986. The van der Waals surface area contributed by atoms with Gasteiger partial charge in [0.25, 0.3) is 5.95 Å². The molecule has 0 spiro atoms. The molecule has 2 heterocycles. The van der Waals surface area contributed by atoms with Gasteiger partial charge in [0.1, 0.15) is 0 Å². The smallest absolute Gasteiger partial charge is 0.250 e. The Hall–Kier alpha value is -2.57. The summed E-state index contributed by atoms with van der Waals surface area (Å²) in [5.74, 6) is 0.621. The molecule has 2 aromatic carbocycles. The van der Waals surface area contributed by atoms with Gasteiger partial charge < -0.3 is 5.32 Å². The summed E-state index contributed by atoms with van der Waals surface area (Å²) in [4.78, 5) is 15.8. The lowest BCUT2D eigenvalue weighted by molar-refractivity contribution is -0.114. The summed E-state index contributed by atoms with van der Waals surface area (Å²) in [5, 5.41) is 11.9. The van der Waals surface area contributed by atoms with E-state index in [4.69, 9.17) is 23.2 Å². The summed E-state index contributed by atoms with van der Waals surface area (Å²) in [6.07, 6.45) is 0.723. The summed E-state index contributed by atoms with van der Waals surface area (Å²) >= 11 is 12.5. The van der Waals surface area contributed by atoms with Gasteiger partial charge in [-0.25, -0.2) is 4.68 Å². The van der Waals surface area contributed by atoms with E-state index in [0.717, 1.165) is 17.5 Å². The van der Waals surface area contributed by atoms with Crippen LogP contribution in [0.3, 0.4) is 0 Å². The van der Waals surface area contributed by atoms with Gasteiger partial charge in [-0.15, -0.1) is 5.10 Å². The molecule has 1 aromatic heterocycles. The Morgan fingerprint density at radius 3 is 2.63 bits per heavy atom. The molecule has 8 heteroatoms. The average molecular weight is 402 g/mol. The molecule has 1 amide bonds. The lowest BCUT2D eigenvalue weighted by Gasteiger charge is -2.32. The van der Waals surface area contributed by atoms with Gasteiger partial charge in [0, 0.05) is 17.0 Å². The zero-order valence-electron chi connectivity index (χ0n) is 14.5. The molecule has 0 radical (unpaired) electrons. The van der Waals surface area contributed by atoms with E-state index >= 15 is 0 Å². The number of aromatic nitrogens is 3. The molecule has 2 atom stereocenters. The lowest BCUT2D eigenvalue weighted by atomic mass is 9.93. The van der Waals surface area contributed by atoms with E-state index in [2.05, 4.69) is 20.7 Å². The van der Waals surface area contributed by atoms with Gasteiger partial charge in [-0.05, 0) is 35.7 Å². The van der Waals surface area contributed by atoms with E-state index in [-0.39, 0.29) is 23.9 Å². The molecule has 27 heavy (non-hydrogen) atoms. The fourth-order valence-electron chi connectivity index (χ4n) is 3.31. The Kier molecular flexibility index (Phi) is 4.76. The number of fused-ring (bicyclic) bond motifs is 1. The van der Waals surface area contributed by atoms with E-state index < -0.39 is 0 Å². The third-order valence-electron chi connectivity index (χ3n) is 4.51. The van der Waals surface area contributed by atoms with E-state index in [9.17, 15) is 4.79 Å².